The van der Waals surface area contributed by atoms with Crippen molar-refractivity contribution >= 4 is 51.2 Å². The van der Waals surface area contributed by atoms with Gasteiger partial charge in [0, 0.05) is 6.04 Å². The van der Waals surface area contributed by atoms with E-state index in [4.69, 9.17) is 5.11 Å². The second kappa shape index (κ2) is 5.17. The number of nitrogens with zero attached hydrogens (tertiary/aromatic N) is 2. The smallest absolute Gasteiger partial charge is 0.322 e. The zero-order valence-electron chi connectivity index (χ0n) is 8.36. The quantitative estimate of drug-likeness (QED) is 0.669. The third-order valence-electron chi connectivity index (χ3n) is 2.42. The van der Waals surface area contributed by atoms with Crippen molar-refractivity contribution in [2.24, 2.45) is 0 Å². The van der Waals surface area contributed by atoms with E-state index in [0.717, 1.165) is 20.2 Å². The molecule has 1 fully saturated rings. The van der Waals surface area contributed by atoms with Gasteiger partial charge in [0.05, 0.1) is 12.9 Å². The van der Waals surface area contributed by atoms with Crippen molar-refractivity contribution in [2.75, 3.05) is 0 Å². The number of aromatic nitrogens is 2. The molecule has 88 valence electrons. The number of rotatable bonds is 5. The first-order valence-electron chi connectivity index (χ1n) is 4.93. The van der Waals surface area contributed by atoms with Gasteiger partial charge in [-0.15, -0.1) is 0 Å². The molecule has 7 heteroatoms. The van der Waals surface area contributed by atoms with Gasteiger partial charge >= 0.3 is 5.97 Å². The molecule has 1 atom stereocenters. The van der Waals surface area contributed by atoms with E-state index < -0.39 is 12.0 Å². The molecule has 1 unspecified atom stereocenters. The van der Waals surface area contributed by atoms with E-state index in [-0.39, 0.29) is 0 Å². The number of carbonyl (C=O) groups is 1. The van der Waals surface area contributed by atoms with Crippen molar-refractivity contribution in [1.82, 2.24) is 14.9 Å². The Morgan fingerprint density at radius 3 is 2.81 bits per heavy atom. The molecule has 1 aliphatic carbocycles. The van der Waals surface area contributed by atoms with Gasteiger partial charge in [-0.1, -0.05) is 0 Å². The molecule has 2 rings (SSSR count). The summed E-state index contributed by atoms with van der Waals surface area (Å²) in [4.78, 5) is 15.2. The lowest BCUT2D eigenvalue weighted by Gasteiger charge is -2.15. The number of hydrogen-bond donors (Lipinski definition) is 2. The second-order valence-electron chi connectivity index (χ2n) is 3.81. The number of carboxylic acids is 1. The summed E-state index contributed by atoms with van der Waals surface area (Å²) >= 11 is 4.32. The first kappa shape index (κ1) is 12.6. The van der Waals surface area contributed by atoms with Crippen molar-refractivity contribution in [2.45, 2.75) is 31.5 Å². The van der Waals surface area contributed by atoms with Gasteiger partial charge in [-0.2, -0.15) is 0 Å². The molecule has 1 aliphatic rings. The van der Waals surface area contributed by atoms with Gasteiger partial charge in [0.15, 0.2) is 0 Å². The summed E-state index contributed by atoms with van der Waals surface area (Å²) in [5.41, 5.74) is 0. The molecule has 0 saturated heterocycles. The van der Waals surface area contributed by atoms with Crippen LogP contribution in [0.4, 0.5) is 0 Å². The Morgan fingerprint density at radius 1 is 1.69 bits per heavy atom. The first-order valence-corrected chi connectivity index (χ1v) is 7.08. The number of aliphatic carboxylic acids is 1. The molecule has 2 N–H and O–H groups in total. The minimum Gasteiger partial charge on any atom is -0.480 e. The zero-order chi connectivity index (χ0) is 11.7. The van der Waals surface area contributed by atoms with Crippen LogP contribution in [0.5, 0.6) is 0 Å². The Hall–Kier alpha value is 0.100. The normalized spacial score (nSPS) is 17.4. The van der Waals surface area contributed by atoms with Crippen LogP contribution in [0, 0.1) is 7.40 Å². The van der Waals surface area contributed by atoms with Crippen LogP contribution in [-0.4, -0.2) is 32.7 Å². The number of halogens is 2. The highest BCUT2D eigenvalue weighted by atomic mass is 127. The Labute approximate surface area is 120 Å². The first-order chi connectivity index (χ1) is 7.58. The minimum absolute atomic E-state index is 0.390. The van der Waals surface area contributed by atoms with Gasteiger partial charge < -0.3 is 15.0 Å². The van der Waals surface area contributed by atoms with E-state index in [1.807, 2.05) is 4.57 Å². The van der Waals surface area contributed by atoms with Gasteiger partial charge in [0.25, 0.3) is 0 Å². The van der Waals surface area contributed by atoms with Gasteiger partial charge in [-0.3, -0.25) is 4.79 Å². The van der Waals surface area contributed by atoms with E-state index in [0.29, 0.717) is 12.6 Å². The maximum atomic E-state index is 11.1. The van der Waals surface area contributed by atoms with E-state index in [9.17, 15) is 4.79 Å². The third kappa shape index (κ3) is 3.06. The van der Waals surface area contributed by atoms with Crippen LogP contribution in [0.2, 0.25) is 0 Å². The molecular weight excluding hydrogens is 436 g/mol. The molecule has 0 radical (unpaired) electrons. The molecule has 0 bridgehead atoms. The topological polar surface area (TPSA) is 67.1 Å². The monoisotopic (exact) mass is 447 g/mol. The van der Waals surface area contributed by atoms with Crippen molar-refractivity contribution in [1.29, 1.82) is 0 Å². The fraction of sp³-hybridized carbons (Fsp3) is 0.556. The molecule has 0 aliphatic heterocycles. The van der Waals surface area contributed by atoms with E-state index in [1.165, 1.54) is 0 Å². The second-order valence-corrected chi connectivity index (χ2v) is 5.85. The summed E-state index contributed by atoms with van der Waals surface area (Å²) in [7, 11) is 0. The van der Waals surface area contributed by atoms with Crippen LogP contribution in [0.25, 0.3) is 0 Å². The summed E-state index contributed by atoms with van der Waals surface area (Å²) in [5.74, 6) is -0.800. The fourth-order valence-corrected chi connectivity index (χ4v) is 2.30. The third-order valence-corrected chi connectivity index (χ3v) is 5.38. The number of imidazole rings is 1. The maximum Gasteiger partial charge on any atom is 0.322 e. The Bertz CT molecular complexity index is 403. The summed E-state index contributed by atoms with van der Waals surface area (Å²) in [6, 6.07) is -0.132. The SMILES string of the molecule is O=C(O)C(Cn1cnc(I)c1I)NC1CC1. The highest BCUT2D eigenvalue weighted by molar-refractivity contribution is 14.1. The Morgan fingerprint density at radius 2 is 2.38 bits per heavy atom. The van der Waals surface area contributed by atoms with Crippen LogP contribution in [0.1, 0.15) is 12.8 Å². The number of carboxylic acid groups (broad SMARTS) is 1. The molecule has 0 amide bonds. The summed E-state index contributed by atoms with van der Waals surface area (Å²) in [6.45, 7) is 0.431. The van der Waals surface area contributed by atoms with Crippen LogP contribution in [-0.2, 0) is 11.3 Å². The zero-order valence-corrected chi connectivity index (χ0v) is 12.7. The fourth-order valence-electron chi connectivity index (χ4n) is 1.40. The van der Waals surface area contributed by atoms with Crippen LogP contribution < -0.4 is 5.32 Å². The molecule has 16 heavy (non-hydrogen) atoms. The van der Waals surface area contributed by atoms with E-state index in [2.05, 4.69) is 55.5 Å². The van der Waals surface area contributed by atoms with Gasteiger partial charge in [0.1, 0.15) is 13.4 Å². The average Bonchev–Trinajstić information content (AvgIpc) is 2.99. The predicted molar refractivity (Wildman–Crippen MR) is 75.2 cm³/mol. The van der Waals surface area contributed by atoms with Crippen LogP contribution >= 0.6 is 45.2 Å². The summed E-state index contributed by atoms with van der Waals surface area (Å²) in [6.07, 6.45) is 3.86. The van der Waals surface area contributed by atoms with Crippen molar-refractivity contribution in [3.63, 3.8) is 0 Å². The maximum absolute atomic E-state index is 11.1. The van der Waals surface area contributed by atoms with Gasteiger partial charge in [-0.05, 0) is 58.0 Å². The molecular formula is C9H11I2N3O2. The molecule has 0 spiro atoms. The lowest BCUT2D eigenvalue weighted by molar-refractivity contribution is -0.139. The molecule has 0 aromatic carbocycles. The number of nitrogens with one attached hydrogen (secondary N) is 1. The Balaban J connectivity index is 2.04. The highest BCUT2D eigenvalue weighted by Crippen LogP contribution is 2.20. The molecule has 1 saturated carbocycles. The highest BCUT2D eigenvalue weighted by Gasteiger charge is 2.28. The minimum atomic E-state index is -0.800. The molecule has 1 heterocycles. The Kier molecular flexibility index (Phi) is 4.06. The lowest BCUT2D eigenvalue weighted by atomic mass is 10.3. The van der Waals surface area contributed by atoms with Gasteiger partial charge in [-0.25, -0.2) is 4.98 Å². The average molecular weight is 447 g/mol. The lowest BCUT2D eigenvalue weighted by Crippen LogP contribution is -2.41. The van der Waals surface area contributed by atoms with Crippen LogP contribution in [0.15, 0.2) is 6.33 Å². The van der Waals surface area contributed by atoms with E-state index >= 15 is 0 Å². The number of hydrogen-bond acceptors (Lipinski definition) is 3. The predicted octanol–water partition coefficient (Wildman–Crippen LogP) is 1.30. The van der Waals surface area contributed by atoms with Crippen molar-refractivity contribution in [3.8, 4) is 0 Å². The van der Waals surface area contributed by atoms with Crippen molar-refractivity contribution in [3.05, 3.63) is 13.7 Å². The van der Waals surface area contributed by atoms with Gasteiger partial charge in [0.2, 0.25) is 0 Å². The van der Waals surface area contributed by atoms with Crippen molar-refractivity contribution < 1.29 is 9.90 Å². The summed E-state index contributed by atoms with van der Waals surface area (Å²) < 4.78 is 3.77. The standard InChI is InChI=1S/C9H11I2N3O2/c10-7-8(11)14(4-12-7)3-6(9(15)16)13-5-1-2-5/h4-6,13H,1-3H2,(H,15,16). The molecule has 1 aromatic rings. The molecule has 5 nitrogen and oxygen atoms in total. The summed E-state index contributed by atoms with van der Waals surface area (Å²) in [5, 5.41) is 12.2. The molecule has 1 aromatic heterocycles. The van der Waals surface area contributed by atoms with E-state index in [1.54, 1.807) is 6.33 Å². The van der Waals surface area contributed by atoms with Crippen LogP contribution in [0.3, 0.4) is 0 Å². The largest absolute Gasteiger partial charge is 0.480 e.